The summed E-state index contributed by atoms with van der Waals surface area (Å²) in [5, 5.41) is 1.94. The molecule has 1 aromatic carbocycles. The zero-order valence-corrected chi connectivity index (χ0v) is 15.3. The summed E-state index contributed by atoms with van der Waals surface area (Å²) in [4.78, 5) is 1.25. The first kappa shape index (κ1) is 16.5. The van der Waals surface area contributed by atoms with Crippen molar-refractivity contribution in [3.63, 3.8) is 0 Å². The molecule has 0 aliphatic carbocycles. The molecule has 0 saturated heterocycles. The molecular weight excluding hydrogens is 372 g/mol. The topological polar surface area (TPSA) is 63.4 Å². The molecule has 0 radical (unpaired) electrons. The quantitative estimate of drug-likeness (QED) is 0.814. The number of nitrogens with two attached hydrogens (primary N) is 1. The number of sulfonamides is 1. The zero-order chi connectivity index (χ0) is 15.8. The van der Waals surface area contributed by atoms with Crippen LogP contribution in [-0.4, -0.2) is 19.8 Å². The molecule has 2 aromatic rings. The van der Waals surface area contributed by atoms with Gasteiger partial charge in [0.25, 0.3) is 0 Å². The Balaban J connectivity index is 2.37. The number of aryl methyl sites for hydroxylation is 1. The van der Waals surface area contributed by atoms with Crippen LogP contribution in [0.2, 0.25) is 0 Å². The van der Waals surface area contributed by atoms with Gasteiger partial charge in [-0.05, 0) is 59.1 Å². The standard InChI is InChI=1S/C14H17BrN2O2S2/c1-9-4-13(16)10(2)14(5-9)21(18,19)17(3)7-12-6-11(15)8-20-12/h4-6,8H,7,16H2,1-3H3. The second-order valence-electron chi connectivity index (χ2n) is 4.97. The largest absolute Gasteiger partial charge is 0.398 e. The van der Waals surface area contributed by atoms with E-state index in [0.717, 1.165) is 14.9 Å². The van der Waals surface area contributed by atoms with E-state index >= 15 is 0 Å². The highest BCUT2D eigenvalue weighted by atomic mass is 79.9. The number of rotatable bonds is 4. The van der Waals surface area contributed by atoms with Crippen molar-refractivity contribution in [3.8, 4) is 0 Å². The number of hydrogen-bond acceptors (Lipinski definition) is 4. The molecule has 0 aliphatic rings. The van der Waals surface area contributed by atoms with Gasteiger partial charge in [0.05, 0.1) is 4.90 Å². The first-order valence-electron chi connectivity index (χ1n) is 6.28. The van der Waals surface area contributed by atoms with Gasteiger partial charge in [-0.2, -0.15) is 4.31 Å². The third kappa shape index (κ3) is 3.48. The van der Waals surface area contributed by atoms with Crippen molar-refractivity contribution in [3.05, 3.63) is 44.1 Å². The fourth-order valence-corrected chi connectivity index (χ4v) is 5.10. The molecule has 1 aromatic heterocycles. The van der Waals surface area contributed by atoms with Crippen LogP contribution >= 0.6 is 27.3 Å². The number of benzene rings is 1. The molecule has 114 valence electrons. The maximum atomic E-state index is 12.7. The van der Waals surface area contributed by atoms with Crippen molar-refractivity contribution in [1.82, 2.24) is 4.31 Å². The van der Waals surface area contributed by atoms with Crippen molar-refractivity contribution in [2.45, 2.75) is 25.3 Å². The zero-order valence-electron chi connectivity index (χ0n) is 12.1. The van der Waals surface area contributed by atoms with E-state index in [2.05, 4.69) is 15.9 Å². The predicted octanol–water partition coefficient (Wildman–Crippen LogP) is 3.53. The Morgan fingerprint density at radius 1 is 1.29 bits per heavy atom. The second kappa shape index (κ2) is 6.08. The molecule has 4 nitrogen and oxygen atoms in total. The highest BCUT2D eigenvalue weighted by Gasteiger charge is 2.24. The Morgan fingerprint density at radius 2 is 1.95 bits per heavy atom. The fourth-order valence-electron chi connectivity index (χ4n) is 2.03. The van der Waals surface area contributed by atoms with E-state index in [1.54, 1.807) is 26.1 Å². The molecule has 1 heterocycles. The van der Waals surface area contributed by atoms with Crippen LogP contribution in [0.4, 0.5) is 5.69 Å². The van der Waals surface area contributed by atoms with E-state index in [-0.39, 0.29) is 4.90 Å². The number of anilines is 1. The molecule has 2 N–H and O–H groups in total. The fraction of sp³-hybridized carbons (Fsp3) is 0.286. The molecule has 0 amide bonds. The Hall–Kier alpha value is -0.890. The minimum atomic E-state index is -3.56. The molecule has 0 bridgehead atoms. The predicted molar refractivity (Wildman–Crippen MR) is 91.0 cm³/mol. The average Bonchev–Trinajstić information content (AvgIpc) is 2.79. The molecular formula is C14H17BrN2O2S2. The van der Waals surface area contributed by atoms with E-state index in [4.69, 9.17) is 5.73 Å². The summed E-state index contributed by atoms with van der Waals surface area (Å²) < 4.78 is 27.8. The Morgan fingerprint density at radius 3 is 2.52 bits per heavy atom. The third-order valence-electron chi connectivity index (χ3n) is 3.23. The molecule has 0 saturated carbocycles. The average molecular weight is 389 g/mol. The first-order valence-corrected chi connectivity index (χ1v) is 9.39. The van der Waals surface area contributed by atoms with Gasteiger partial charge in [-0.3, -0.25) is 0 Å². The van der Waals surface area contributed by atoms with Crippen LogP contribution in [0.25, 0.3) is 0 Å². The van der Waals surface area contributed by atoms with E-state index in [0.29, 0.717) is 17.8 Å². The van der Waals surface area contributed by atoms with Crippen LogP contribution in [0.15, 0.2) is 32.9 Å². The summed E-state index contributed by atoms with van der Waals surface area (Å²) in [6, 6.07) is 5.38. The van der Waals surface area contributed by atoms with Crippen molar-refractivity contribution < 1.29 is 8.42 Å². The Kier molecular flexibility index (Phi) is 4.77. The molecule has 0 fully saturated rings. The van der Waals surface area contributed by atoms with Gasteiger partial charge in [-0.15, -0.1) is 11.3 Å². The molecule has 7 heteroatoms. The van der Waals surface area contributed by atoms with E-state index in [9.17, 15) is 8.42 Å². The maximum absolute atomic E-state index is 12.7. The van der Waals surface area contributed by atoms with Crippen LogP contribution in [-0.2, 0) is 16.6 Å². The Labute approximate surface area is 137 Å². The van der Waals surface area contributed by atoms with Crippen molar-refractivity contribution >= 4 is 43.0 Å². The van der Waals surface area contributed by atoms with Crippen LogP contribution in [0.5, 0.6) is 0 Å². The lowest BCUT2D eigenvalue weighted by Gasteiger charge is -2.19. The highest BCUT2D eigenvalue weighted by Crippen LogP contribution is 2.27. The molecule has 0 unspecified atom stereocenters. The highest BCUT2D eigenvalue weighted by molar-refractivity contribution is 9.10. The molecule has 2 rings (SSSR count). The smallest absolute Gasteiger partial charge is 0.243 e. The van der Waals surface area contributed by atoms with Crippen LogP contribution in [0.1, 0.15) is 16.0 Å². The Bertz CT molecular complexity index is 769. The summed E-state index contributed by atoms with van der Waals surface area (Å²) in [6.07, 6.45) is 0. The molecule has 21 heavy (non-hydrogen) atoms. The molecule has 0 aliphatic heterocycles. The normalized spacial score (nSPS) is 12.0. The van der Waals surface area contributed by atoms with Crippen LogP contribution < -0.4 is 5.73 Å². The van der Waals surface area contributed by atoms with Gasteiger partial charge in [0.2, 0.25) is 10.0 Å². The lowest BCUT2D eigenvalue weighted by atomic mass is 10.1. The summed E-state index contributed by atoms with van der Waals surface area (Å²) in [6.45, 7) is 3.91. The summed E-state index contributed by atoms with van der Waals surface area (Å²) in [5.41, 5.74) is 7.82. The van der Waals surface area contributed by atoms with E-state index < -0.39 is 10.0 Å². The van der Waals surface area contributed by atoms with Gasteiger partial charge in [0.15, 0.2) is 0 Å². The molecule has 0 spiro atoms. The van der Waals surface area contributed by atoms with Crippen molar-refractivity contribution in [2.75, 3.05) is 12.8 Å². The van der Waals surface area contributed by atoms with Crippen LogP contribution in [0.3, 0.4) is 0 Å². The maximum Gasteiger partial charge on any atom is 0.243 e. The van der Waals surface area contributed by atoms with E-state index in [1.165, 1.54) is 15.6 Å². The van der Waals surface area contributed by atoms with Gasteiger partial charge in [-0.25, -0.2) is 8.42 Å². The van der Waals surface area contributed by atoms with E-state index in [1.807, 2.05) is 18.4 Å². The summed E-state index contributed by atoms with van der Waals surface area (Å²) >= 11 is 4.90. The second-order valence-corrected chi connectivity index (χ2v) is 8.89. The SMILES string of the molecule is Cc1cc(N)c(C)c(S(=O)(=O)N(C)Cc2cc(Br)cs2)c1. The monoisotopic (exact) mass is 388 g/mol. The number of halogens is 1. The number of thiophene rings is 1. The summed E-state index contributed by atoms with van der Waals surface area (Å²) in [7, 11) is -1.97. The van der Waals surface area contributed by atoms with Gasteiger partial charge >= 0.3 is 0 Å². The molecule has 0 atom stereocenters. The van der Waals surface area contributed by atoms with Crippen molar-refractivity contribution in [1.29, 1.82) is 0 Å². The van der Waals surface area contributed by atoms with Gasteiger partial charge in [-0.1, -0.05) is 0 Å². The number of nitrogen functional groups attached to an aromatic ring is 1. The first-order chi connectivity index (χ1) is 9.71. The number of hydrogen-bond donors (Lipinski definition) is 1. The van der Waals surface area contributed by atoms with Gasteiger partial charge in [0, 0.05) is 34.0 Å². The lowest BCUT2D eigenvalue weighted by Crippen LogP contribution is -2.27. The minimum Gasteiger partial charge on any atom is -0.398 e. The summed E-state index contributed by atoms with van der Waals surface area (Å²) in [5.74, 6) is 0. The number of nitrogens with zero attached hydrogens (tertiary/aromatic N) is 1. The van der Waals surface area contributed by atoms with Crippen LogP contribution in [0, 0.1) is 13.8 Å². The van der Waals surface area contributed by atoms with Gasteiger partial charge in [0.1, 0.15) is 0 Å². The lowest BCUT2D eigenvalue weighted by molar-refractivity contribution is 0.469. The van der Waals surface area contributed by atoms with Gasteiger partial charge < -0.3 is 5.73 Å². The third-order valence-corrected chi connectivity index (χ3v) is 6.84. The van der Waals surface area contributed by atoms with Crippen molar-refractivity contribution in [2.24, 2.45) is 0 Å². The minimum absolute atomic E-state index is 0.276.